The minimum atomic E-state index is -0.791. The number of fused-ring (bicyclic) bond motifs is 1. The van der Waals surface area contributed by atoms with Crippen LogP contribution < -0.4 is 0 Å². The minimum Gasteiger partial charge on any atom is -0.481 e. The number of carboxylic acid groups (broad SMARTS) is 1. The quantitative estimate of drug-likeness (QED) is 0.642. The van der Waals surface area contributed by atoms with Crippen LogP contribution in [0.15, 0.2) is 18.2 Å². The summed E-state index contributed by atoms with van der Waals surface area (Å²) in [5.74, 6) is -0.553. The normalized spacial score (nSPS) is 17.8. The molecular weight excluding hydrogens is 222 g/mol. The van der Waals surface area contributed by atoms with E-state index in [2.05, 4.69) is 0 Å². The molecule has 0 amide bonds. The van der Waals surface area contributed by atoms with Crippen molar-refractivity contribution >= 4 is 11.7 Å². The van der Waals surface area contributed by atoms with Crippen molar-refractivity contribution in [3.63, 3.8) is 0 Å². The van der Waals surface area contributed by atoms with Gasteiger partial charge >= 0.3 is 5.97 Å². The van der Waals surface area contributed by atoms with E-state index in [0.717, 1.165) is 24.0 Å². The van der Waals surface area contributed by atoms with Gasteiger partial charge in [0.15, 0.2) is 0 Å². The highest BCUT2D eigenvalue weighted by Gasteiger charge is 2.24. The summed E-state index contributed by atoms with van der Waals surface area (Å²) < 4.78 is 0. The maximum atomic E-state index is 10.6. The standard InChI is InChI=1S/C12H13NO4/c14-12(15)6-3-8-1-2-9-7-10(13(16)17)4-5-11(8)9/h4-5,7-8H,1-3,6H2,(H,14,15). The first kappa shape index (κ1) is 11.6. The highest BCUT2D eigenvalue weighted by molar-refractivity contribution is 5.66. The van der Waals surface area contributed by atoms with Crippen LogP contribution in [0.3, 0.4) is 0 Å². The van der Waals surface area contributed by atoms with Crippen molar-refractivity contribution in [3.05, 3.63) is 39.4 Å². The molecule has 0 aliphatic heterocycles. The molecule has 0 bridgehead atoms. The molecule has 1 unspecified atom stereocenters. The summed E-state index contributed by atoms with van der Waals surface area (Å²) in [4.78, 5) is 20.7. The zero-order chi connectivity index (χ0) is 12.4. The molecule has 1 aliphatic rings. The van der Waals surface area contributed by atoms with Gasteiger partial charge in [-0.2, -0.15) is 0 Å². The highest BCUT2D eigenvalue weighted by atomic mass is 16.6. The molecule has 0 heterocycles. The fourth-order valence-corrected chi connectivity index (χ4v) is 2.40. The predicted molar refractivity (Wildman–Crippen MR) is 61.0 cm³/mol. The Morgan fingerprint density at radius 3 is 2.94 bits per heavy atom. The predicted octanol–water partition coefficient (Wildman–Crippen LogP) is 2.49. The molecule has 0 saturated carbocycles. The summed E-state index contributed by atoms with van der Waals surface area (Å²) in [6, 6.07) is 4.88. The second-order valence-corrected chi connectivity index (χ2v) is 4.31. The van der Waals surface area contributed by atoms with Gasteiger partial charge in [-0.15, -0.1) is 0 Å². The van der Waals surface area contributed by atoms with Gasteiger partial charge in [0.25, 0.3) is 5.69 Å². The zero-order valence-electron chi connectivity index (χ0n) is 9.26. The lowest BCUT2D eigenvalue weighted by Crippen LogP contribution is -2.00. The van der Waals surface area contributed by atoms with Crippen LogP contribution in [0.1, 0.15) is 36.3 Å². The maximum Gasteiger partial charge on any atom is 0.303 e. The molecule has 17 heavy (non-hydrogen) atoms. The first-order chi connectivity index (χ1) is 8.08. The summed E-state index contributed by atoms with van der Waals surface area (Å²) in [6.07, 6.45) is 2.46. The SMILES string of the molecule is O=C(O)CCC1CCc2cc([N+](=O)[O-])ccc21. The summed E-state index contributed by atoms with van der Waals surface area (Å²) in [7, 11) is 0. The van der Waals surface area contributed by atoms with E-state index in [1.165, 1.54) is 6.07 Å². The molecule has 1 aromatic rings. The Morgan fingerprint density at radius 2 is 2.29 bits per heavy atom. The topological polar surface area (TPSA) is 80.4 Å². The molecule has 1 atom stereocenters. The van der Waals surface area contributed by atoms with Crippen LogP contribution in [0.25, 0.3) is 0 Å². The van der Waals surface area contributed by atoms with Gasteiger partial charge < -0.3 is 5.11 Å². The number of aliphatic carboxylic acids is 1. The molecular formula is C12H13NO4. The summed E-state index contributed by atoms with van der Waals surface area (Å²) in [5.41, 5.74) is 2.19. The van der Waals surface area contributed by atoms with Gasteiger partial charge in [-0.05, 0) is 36.3 Å². The molecule has 2 rings (SSSR count). The van der Waals surface area contributed by atoms with Crippen LogP contribution in [0, 0.1) is 10.1 Å². The van der Waals surface area contributed by atoms with Crippen LogP contribution in [0.2, 0.25) is 0 Å². The second-order valence-electron chi connectivity index (χ2n) is 4.31. The van der Waals surface area contributed by atoms with Crippen molar-refractivity contribution < 1.29 is 14.8 Å². The van der Waals surface area contributed by atoms with E-state index in [0.29, 0.717) is 6.42 Å². The van der Waals surface area contributed by atoms with Gasteiger partial charge in [-0.3, -0.25) is 14.9 Å². The van der Waals surface area contributed by atoms with Crippen LogP contribution in [0.4, 0.5) is 5.69 Å². The number of non-ortho nitro benzene ring substituents is 1. The summed E-state index contributed by atoms with van der Waals surface area (Å²) in [6.45, 7) is 0. The van der Waals surface area contributed by atoms with Gasteiger partial charge in [-0.1, -0.05) is 6.07 Å². The number of hydrogen-bond donors (Lipinski definition) is 1. The second kappa shape index (κ2) is 4.53. The number of benzene rings is 1. The number of nitro benzene ring substituents is 1. The van der Waals surface area contributed by atoms with Crippen molar-refractivity contribution in [2.45, 2.75) is 31.6 Å². The van der Waals surface area contributed by atoms with Gasteiger partial charge in [0.05, 0.1) is 4.92 Å². The van der Waals surface area contributed by atoms with Gasteiger partial charge in [0.1, 0.15) is 0 Å². The number of rotatable bonds is 4. The fourth-order valence-electron chi connectivity index (χ4n) is 2.40. The van der Waals surface area contributed by atoms with E-state index in [1.807, 2.05) is 0 Å². The third-order valence-electron chi connectivity index (χ3n) is 3.25. The number of nitrogens with zero attached hydrogens (tertiary/aromatic N) is 1. The number of carbonyl (C=O) groups is 1. The Labute approximate surface area is 98.2 Å². The van der Waals surface area contributed by atoms with E-state index in [-0.39, 0.29) is 18.0 Å². The Morgan fingerprint density at radius 1 is 1.53 bits per heavy atom. The van der Waals surface area contributed by atoms with Crippen molar-refractivity contribution in [1.82, 2.24) is 0 Å². The van der Waals surface area contributed by atoms with Crippen molar-refractivity contribution in [2.24, 2.45) is 0 Å². The van der Waals surface area contributed by atoms with Gasteiger partial charge in [0.2, 0.25) is 0 Å². The average molecular weight is 235 g/mol. The molecule has 0 radical (unpaired) electrons. The Kier molecular flexibility index (Phi) is 3.08. The van der Waals surface area contributed by atoms with Gasteiger partial charge in [-0.25, -0.2) is 0 Å². The van der Waals surface area contributed by atoms with E-state index in [1.54, 1.807) is 12.1 Å². The van der Waals surface area contributed by atoms with E-state index in [4.69, 9.17) is 5.11 Å². The number of carboxylic acids is 1. The number of hydrogen-bond acceptors (Lipinski definition) is 3. The van der Waals surface area contributed by atoms with Crippen molar-refractivity contribution in [3.8, 4) is 0 Å². The van der Waals surface area contributed by atoms with E-state index < -0.39 is 10.9 Å². The minimum absolute atomic E-state index is 0.114. The molecule has 90 valence electrons. The first-order valence-corrected chi connectivity index (χ1v) is 5.57. The number of nitro groups is 1. The smallest absolute Gasteiger partial charge is 0.303 e. The molecule has 0 fully saturated rings. The van der Waals surface area contributed by atoms with Crippen LogP contribution in [0.5, 0.6) is 0 Å². The zero-order valence-corrected chi connectivity index (χ0v) is 9.26. The Balaban J connectivity index is 2.16. The third-order valence-corrected chi connectivity index (χ3v) is 3.25. The van der Waals surface area contributed by atoms with Crippen LogP contribution in [-0.4, -0.2) is 16.0 Å². The third kappa shape index (κ3) is 2.43. The van der Waals surface area contributed by atoms with Crippen LogP contribution >= 0.6 is 0 Å². The molecule has 0 spiro atoms. The summed E-state index contributed by atoms with van der Waals surface area (Å²) >= 11 is 0. The molecule has 1 aromatic carbocycles. The lowest BCUT2D eigenvalue weighted by atomic mass is 9.96. The molecule has 5 nitrogen and oxygen atoms in total. The summed E-state index contributed by atoms with van der Waals surface area (Å²) in [5, 5.41) is 19.3. The first-order valence-electron chi connectivity index (χ1n) is 5.57. The van der Waals surface area contributed by atoms with Crippen molar-refractivity contribution in [2.75, 3.05) is 0 Å². The molecule has 5 heteroatoms. The van der Waals surface area contributed by atoms with E-state index in [9.17, 15) is 14.9 Å². The highest BCUT2D eigenvalue weighted by Crippen LogP contribution is 2.37. The molecule has 1 aliphatic carbocycles. The average Bonchev–Trinajstić information content (AvgIpc) is 2.68. The maximum absolute atomic E-state index is 10.6. The molecule has 0 saturated heterocycles. The molecule has 0 aromatic heterocycles. The fraction of sp³-hybridized carbons (Fsp3) is 0.417. The lowest BCUT2D eigenvalue weighted by molar-refractivity contribution is -0.384. The Hall–Kier alpha value is -1.91. The monoisotopic (exact) mass is 235 g/mol. The van der Waals surface area contributed by atoms with Crippen LogP contribution in [-0.2, 0) is 11.2 Å². The van der Waals surface area contributed by atoms with E-state index >= 15 is 0 Å². The molecule has 1 N–H and O–H groups in total. The largest absolute Gasteiger partial charge is 0.481 e. The lowest BCUT2D eigenvalue weighted by Gasteiger charge is -2.09. The van der Waals surface area contributed by atoms with Crippen molar-refractivity contribution in [1.29, 1.82) is 0 Å². The Bertz CT molecular complexity index is 470. The van der Waals surface area contributed by atoms with Gasteiger partial charge in [0, 0.05) is 18.6 Å². The number of aryl methyl sites for hydroxylation is 1.